The number of ether oxygens (including phenoxy) is 2. The second-order valence-corrected chi connectivity index (χ2v) is 5.91. The van der Waals surface area contributed by atoms with Crippen molar-refractivity contribution in [1.82, 2.24) is 15.5 Å². The van der Waals surface area contributed by atoms with Crippen molar-refractivity contribution < 1.29 is 23.5 Å². The first-order chi connectivity index (χ1) is 13.6. The first kappa shape index (κ1) is 19.1. The lowest BCUT2D eigenvalue weighted by Crippen LogP contribution is -2.30. The van der Waals surface area contributed by atoms with E-state index >= 15 is 0 Å². The molecule has 0 unspecified atom stereocenters. The molecule has 144 valence electrons. The number of para-hydroxylation sites is 1. The van der Waals surface area contributed by atoms with Gasteiger partial charge in [0.25, 0.3) is 11.8 Å². The van der Waals surface area contributed by atoms with E-state index in [4.69, 9.17) is 13.9 Å². The summed E-state index contributed by atoms with van der Waals surface area (Å²) < 4.78 is 15.7. The molecule has 0 fully saturated rings. The van der Waals surface area contributed by atoms with Gasteiger partial charge in [-0.25, -0.2) is 0 Å². The number of nitrogens with one attached hydrogen (secondary N) is 1. The SMILES string of the molecule is COc1ccccc1C(=O)NCC(=O)OCc1nnc(-c2cccc(C)c2)o1. The Morgan fingerprint density at radius 1 is 1.11 bits per heavy atom. The molecule has 0 bridgehead atoms. The summed E-state index contributed by atoms with van der Waals surface area (Å²) in [5.74, 6) is -0.129. The first-order valence-electron chi connectivity index (χ1n) is 8.53. The standard InChI is InChI=1S/C20H19N3O5/c1-13-6-5-7-14(10-13)20-23-22-17(28-20)12-27-18(24)11-21-19(25)15-8-3-4-9-16(15)26-2/h3-10H,11-12H2,1-2H3,(H,21,25). The lowest BCUT2D eigenvalue weighted by Gasteiger charge is -2.08. The van der Waals surface area contributed by atoms with E-state index in [1.807, 2.05) is 31.2 Å². The fraction of sp³-hybridized carbons (Fsp3) is 0.200. The predicted octanol–water partition coefficient (Wildman–Crippen LogP) is 2.53. The van der Waals surface area contributed by atoms with Gasteiger partial charge in [-0.3, -0.25) is 9.59 Å². The fourth-order valence-electron chi connectivity index (χ4n) is 2.48. The maximum atomic E-state index is 12.2. The van der Waals surface area contributed by atoms with Gasteiger partial charge in [0.2, 0.25) is 5.89 Å². The van der Waals surface area contributed by atoms with E-state index in [-0.39, 0.29) is 19.0 Å². The number of amides is 1. The number of rotatable bonds is 7. The van der Waals surface area contributed by atoms with Gasteiger partial charge in [0.15, 0.2) is 6.61 Å². The molecule has 8 nitrogen and oxygen atoms in total. The zero-order chi connectivity index (χ0) is 19.9. The van der Waals surface area contributed by atoms with Gasteiger partial charge in [-0.15, -0.1) is 10.2 Å². The van der Waals surface area contributed by atoms with E-state index in [2.05, 4.69) is 15.5 Å². The van der Waals surface area contributed by atoms with Gasteiger partial charge in [0, 0.05) is 5.56 Å². The molecular formula is C20H19N3O5. The molecule has 0 spiro atoms. The number of hydrogen-bond donors (Lipinski definition) is 1. The number of benzene rings is 2. The van der Waals surface area contributed by atoms with Gasteiger partial charge in [-0.05, 0) is 31.2 Å². The highest BCUT2D eigenvalue weighted by Gasteiger charge is 2.14. The Bertz CT molecular complexity index is 983. The molecule has 8 heteroatoms. The summed E-state index contributed by atoms with van der Waals surface area (Å²) in [7, 11) is 1.47. The number of hydrogen-bond acceptors (Lipinski definition) is 7. The number of aryl methyl sites for hydroxylation is 1. The van der Waals surface area contributed by atoms with Crippen molar-refractivity contribution >= 4 is 11.9 Å². The molecule has 3 aromatic rings. The molecule has 0 aliphatic heterocycles. The normalized spacial score (nSPS) is 10.4. The molecule has 1 amide bonds. The molecule has 0 saturated heterocycles. The van der Waals surface area contributed by atoms with E-state index in [0.717, 1.165) is 11.1 Å². The van der Waals surface area contributed by atoms with Gasteiger partial charge in [-0.1, -0.05) is 29.8 Å². The van der Waals surface area contributed by atoms with E-state index in [9.17, 15) is 9.59 Å². The van der Waals surface area contributed by atoms with Crippen LogP contribution >= 0.6 is 0 Å². The predicted molar refractivity (Wildman–Crippen MR) is 99.6 cm³/mol. The van der Waals surface area contributed by atoms with Gasteiger partial charge < -0.3 is 19.2 Å². The molecule has 0 aliphatic carbocycles. The Hall–Kier alpha value is -3.68. The number of carbonyl (C=O) groups is 2. The Morgan fingerprint density at radius 2 is 1.93 bits per heavy atom. The molecule has 28 heavy (non-hydrogen) atoms. The van der Waals surface area contributed by atoms with Gasteiger partial charge in [0.05, 0.1) is 12.7 Å². The summed E-state index contributed by atoms with van der Waals surface area (Å²) in [5.41, 5.74) is 2.18. The molecule has 1 N–H and O–H groups in total. The number of nitrogens with zero attached hydrogens (tertiary/aromatic N) is 2. The Kier molecular flexibility index (Phi) is 6.01. The molecule has 0 atom stereocenters. The van der Waals surface area contributed by atoms with Crippen LogP contribution in [0.4, 0.5) is 0 Å². The number of carbonyl (C=O) groups excluding carboxylic acids is 2. The Morgan fingerprint density at radius 3 is 2.71 bits per heavy atom. The summed E-state index contributed by atoms with van der Waals surface area (Å²) in [5, 5.41) is 10.3. The molecular weight excluding hydrogens is 362 g/mol. The van der Waals surface area contributed by atoms with Crippen molar-refractivity contribution in [3.05, 3.63) is 65.5 Å². The molecule has 0 saturated carbocycles. The first-order valence-corrected chi connectivity index (χ1v) is 8.53. The minimum atomic E-state index is -0.626. The average molecular weight is 381 g/mol. The molecule has 2 aromatic carbocycles. The van der Waals surface area contributed by atoms with E-state index in [1.54, 1.807) is 24.3 Å². The van der Waals surface area contributed by atoms with Crippen molar-refractivity contribution in [2.24, 2.45) is 0 Å². The maximum absolute atomic E-state index is 12.2. The minimum Gasteiger partial charge on any atom is -0.496 e. The maximum Gasteiger partial charge on any atom is 0.325 e. The van der Waals surface area contributed by atoms with Crippen molar-refractivity contribution in [2.75, 3.05) is 13.7 Å². The number of methoxy groups -OCH3 is 1. The number of aromatic nitrogens is 2. The summed E-state index contributed by atoms with van der Waals surface area (Å²) in [6, 6.07) is 14.3. The van der Waals surface area contributed by atoms with Crippen molar-refractivity contribution in [3.63, 3.8) is 0 Å². The smallest absolute Gasteiger partial charge is 0.325 e. The topological polar surface area (TPSA) is 104 Å². The third-order valence-electron chi connectivity index (χ3n) is 3.83. The summed E-state index contributed by atoms with van der Waals surface area (Å²) >= 11 is 0. The van der Waals surface area contributed by atoms with Crippen LogP contribution in [0.3, 0.4) is 0 Å². The van der Waals surface area contributed by atoms with Crippen LogP contribution in [0.25, 0.3) is 11.5 Å². The van der Waals surface area contributed by atoms with Crippen LogP contribution in [-0.4, -0.2) is 35.7 Å². The lowest BCUT2D eigenvalue weighted by atomic mass is 10.1. The quantitative estimate of drug-likeness (QED) is 0.627. The zero-order valence-corrected chi connectivity index (χ0v) is 15.5. The van der Waals surface area contributed by atoms with Crippen molar-refractivity contribution in [3.8, 4) is 17.2 Å². The van der Waals surface area contributed by atoms with E-state index < -0.39 is 11.9 Å². The second kappa shape index (κ2) is 8.81. The average Bonchev–Trinajstić information content (AvgIpc) is 3.19. The van der Waals surface area contributed by atoms with Crippen LogP contribution in [0, 0.1) is 6.92 Å². The Labute approximate surface area is 161 Å². The highest BCUT2D eigenvalue weighted by Crippen LogP contribution is 2.19. The van der Waals surface area contributed by atoms with Crippen LogP contribution < -0.4 is 10.1 Å². The fourth-order valence-corrected chi connectivity index (χ4v) is 2.48. The highest BCUT2D eigenvalue weighted by molar-refractivity contribution is 5.98. The largest absolute Gasteiger partial charge is 0.496 e. The van der Waals surface area contributed by atoms with Crippen LogP contribution in [-0.2, 0) is 16.1 Å². The number of esters is 1. The van der Waals surface area contributed by atoms with E-state index in [0.29, 0.717) is 17.2 Å². The monoisotopic (exact) mass is 381 g/mol. The minimum absolute atomic E-state index is 0.168. The van der Waals surface area contributed by atoms with Crippen LogP contribution in [0.15, 0.2) is 52.9 Å². The van der Waals surface area contributed by atoms with Crippen LogP contribution in [0.1, 0.15) is 21.8 Å². The molecule has 1 heterocycles. The van der Waals surface area contributed by atoms with Gasteiger partial charge >= 0.3 is 5.97 Å². The van der Waals surface area contributed by atoms with Gasteiger partial charge in [0.1, 0.15) is 12.3 Å². The molecule has 3 rings (SSSR count). The second-order valence-electron chi connectivity index (χ2n) is 5.91. The van der Waals surface area contributed by atoms with E-state index in [1.165, 1.54) is 7.11 Å². The van der Waals surface area contributed by atoms with Crippen LogP contribution in [0.5, 0.6) is 5.75 Å². The van der Waals surface area contributed by atoms with Crippen molar-refractivity contribution in [2.45, 2.75) is 13.5 Å². The summed E-state index contributed by atoms with van der Waals surface area (Å²) in [6.45, 7) is 1.49. The molecule has 1 aromatic heterocycles. The zero-order valence-electron chi connectivity index (χ0n) is 15.5. The lowest BCUT2D eigenvalue weighted by molar-refractivity contribution is -0.144. The highest BCUT2D eigenvalue weighted by atomic mass is 16.5. The van der Waals surface area contributed by atoms with Crippen molar-refractivity contribution in [1.29, 1.82) is 0 Å². The molecule has 0 aliphatic rings. The van der Waals surface area contributed by atoms with Crippen LogP contribution in [0.2, 0.25) is 0 Å². The summed E-state index contributed by atoms with van der Waals surface area (Å²) in [6.07, 6.45) is 0. The molecule has 0 radical (unpaired) electrons. The third kappa shape index (κ3) is 4.73. The van der Waals surface area contributed by atoms with Gasteiger partial charge in [-0.2, -0.15) is 0 Å². The Balaban J connectivity index is 1.50. The summed E-state index contributed by atoms with van der Waals surface area (Å²) in [4.78, 5) is 24.0. The third-order valence-corrected chi connectivity index (χ3v) is 3.83.